The zero-order valence-electron chi connectivity index (χ0n) is 18.0. The number of rotatable bonds is 6. The quantitative estimate of drug-likeness (QED) is 0.753. The van der Waals surface area contributed by atoms with Gasteiger partial charge >= 0.3 is 0 Å². The zero-order valence-corrected chi connectivity index (χ0v) is 18.0. The molecular formula is C24H28N4O3. The van der Waals surface area contributed by atoms with Gasteiger partial charge in [-0.05, 0) is 44.2 Å². The molecule has 0 saturated carbocycles. The Labute approximate surface area is 182 Å². The molecule has 2 aromatic rings. The van der Waals surface area contributed by atoms with Crippen molar-refractivity contribution in [2.45, 2.75) is 32.4 Å². The van der Waals surface area contributed by atoms with E-state index in [0.29, 0.717) is 44.8 Å². The van der Waals surface area contributed by atoms with Gasteiger partial charge in [-0.25, -0.2) is 0 Å². The standard InChI is InChI=1S/C24H28N4O3/c1-3-31-20-9-7-19(8-10-20)25-21(29)16-28-13-11-24(12-14-28)26-22(23(30)27-24)18-6-4-5-17(2)15-18/h4-10,15H,3,11-14,16H2,1-2H3,(H,25,29)(H,27,30). The van der Waals surface area contributed by atoms with Crippen molar-refractivity contribution in [1.29, 1.82) is 0 Å². The van der Waals surface area contributed by atoms with Gasteiger partial charge in [-0.15, -0.1) is 0 Å². The molecule has 0 unspecified atom stereocenters. The van der Waals surface area contributed by atoms with E-state index in [-0.39, 0.29) is 11.8 Å². The highest BCUT2D eigenvalue weighted by molar-refractivity contribution is 6.46. The summed E-state index contributed by atoms with van der Waals surface area (Å²) in [4.78, 5) is 31.9. The summed E-state index contributed by atoms with van der Waals surface area (Å²) in [5, 5.41) is 6.01. The van der Waals surface area contributed by atoms with Gasteiger partial charge in [0.05, 0.1) is 13.2 Å². The lowest BCUT2D eigenvalue weighted by atomic mass is 9.98. The summed E-state index contributed by atoms with van der Waals surface area (Å²) in [5.41, 5.74) is 2.65. The summed E-state index contributed by atoms with van der Waals surface area (Å²) in [5.74, 6) is 0.609. The second kappa shape index (κ2) is 8.89. The summed E-state index contributed by atoms with van der Waals surface area (Å²) >= 11 is 0. The molecule has 7 nitrogen and oxygen atoms in total. The molecule has 0 radical (unpaired) electrons. The predicted octanol–water partition coefficient (Wildman–Crippen LogP) is 2.74. The van der Waals surface area contributed by atoms with Crippen LogP contribution in [0.4, 0.5) is 5.69 Å². The number of anilines is 1. The molecule has 2 N–H and O–H groups in total. The second-order valence-electron chi connectivity index (χ2n) is 8.10. The molecule has 2 heterocycles. The highest BCUT2D eigenvalue weighted by Crippen LogP contribution is 2.29. The van der Waals surface area contributed by atoms with Crippen molar-refractivity contribution in [1.82, 2.24) is 10.2 Å². The van der Waals surface area contributed by atoms with Crippen LogP contribution in [-0.4, -0.2) is 54.3 Å². The van der Waals surface area contributed by atoms with E-state index < -0.39 is 5.66 Å². The van der Waals surface area contributed by atoms with Gasteiger partial charge in [0.15, 0.2) is 0 Å². The van der Waals surface area contributed by atoms with Crippen molar-refractivity contribution in [3.05, 3.63) is 59.7 Å². The first-order chi connectivity index (χ1) is 15.0. The maximum atomic E-state index is 12.6. The molecule has 2 aromatic carbocycles. The number of hydrogen-bond donors (Lipinski definition) is 2. The Bertz CT molecular complexity index is 992. The number of aryl methyl sites for hydroxylation is 1. The van der Waals surface area contributed by atoms with E-state index in [1.165, 1.54) is 0 Å². The second-order valence-corrected chi connectivity index (χ2v) is 8.10. The van der Waals surface area contributed by atoms with E-state index in [2.05, 4.69) is 15.5 Å². The summed E-state index contributed by atoms with van der Waals surface area (Å²) in [6.07, 6.45) is 1.37. The molecule has 1 saturated heterocycles. The molecule has 7 heteroatoms. The number of nitrogens with zero attached hydrogens (tertiary/aromatic N) is 2. The van der Waals surface area contributed by atoms with Crippen molar-refractivity contribution in [3.63, 3.8) is 0 Å². The Morgan fingerprint density at radius 2 is 1.94 bits per heavy atom. The molecule has 2 amide bonds. The van der Waals surface area contributed by atoms with Gasteiger partial charge in [0.1, 0.15) is 17.1 Å². The number of piperidine rings is 1. The van der Waals surface area contributed by atoms with Gasteiger partial charge in [-0.3, -0.25) is 19.5 Å². The van der Waals surface area contributed by atoms with Crippen LogP contribution >= 0.6 is 0 Å². The van der Waals surface area contributed by atoms with Crippen molar-refractivity contribution >= 4 is 23.2 Å². The van der Waals surface area contributed by atoms with E-state index in [4.69, 9.17) is 9.73 Å². The molecule has 2 aliphatic rings. The summed E-state index contributed by atoms with van der Waals surface area (Å²) in [7, 11) is 0. The maximum Gasteiger partial charge on any atom is 0.272 e. The summed E-state index contributed by atoms with van der Waals surface area (Å²) < 4.78 is 5.42. The lowest BCUT2D eigenvalue weighted by Gasteiger charge is -2.36. The fraction of sp³-hybridized carbons (Fsp3) is 0.375. The van der Waals surface area contributed by atoms with Crippen LogP contribution in [0.25, 0.3) is 0 Å². The van der Waals surface area contributed by atoms with Gasteiger partial charge in [0, 0.05) is 37.2 Å². The van der Waals surface area contributed by atoms with Crippen LogP contribution < -0.4 is 15.4 Å². The van der Waals surface area contributed by atoms with E-state index in [0.717, 1.165) is 22.6 Å². The Hall–Kier alpha value is -3.19. The summed E-state index contributed by atoms with van der Waals surface area (Å²) in [6, 6.07) is 15.2. The molecule has 0 aromatic heterocycles. The monoisotopic (exact) mass is 420 g/mol. The molecule has 1 spiro atoms. The first-order valence-electron chi connectivity index (χ1n) is 10.7. The minimum absolute atomic E-state index is 0.0560. The third-order valence-electron chi connectivity index (χ3n) is 5.68. The minimum atomic E-state index is -0.557. The molecule has 31 heavy (non-hydrogen) atoms. The average Bonchev–Trinajstić information content (AvgIpc) is 3.07. The van der Waals surface area contributed by atoms with Crippen LogP contribution in [0, 0.1) is 6.92 Å². The molecule has 162 valence electrons. The molecule has 0 atom stereocenters. The van der Waals surface area contributed by atoms with Gasteiger partial charge in [-0.1, -0.05) is 23.8 Å². The predicted molar refractivity (Wildman–Crippen MR) is 121 cm³/mol. The van der Waals surface area contributed by atoms with Crippen molar-refractivity contribution < 1.29 is 14.3 Å². The molecule has 0 aliphatic carbocycles. The van der Waals surface area contributed by atoms with Gasteiger partial charge in [-0.2, -0.15) is 0 Å². The number of carbonyl (C=O) groups is 2. The van der Waals surface area contributed by atoms with Crippen LogP contribution in [-0.2, 0) is 9.59 Å². The van der Waals surface area contributed by atoms with Crippen LogP contribution in [0.1, 0.15) is 30.9 Å². The van der Waals surface area contributed by atoms with Crippen LogP contribution in [0.3, 0.4) is 0 Å². The Balaban J connectivity index is 1.32. The van der Waals surface area contributed by atoms with Crippen molar-refractivity contribution in [2.24, 2.45) is 4.99 Å². The number of amides is 2. The number of carbonyl (C=O) groups excluding carboxylic acids is 2. The SMILES string of the molecule is CCOc1ccc(NC(=O)CN2CCC3(CC2)N=C(c2cccc(C)c2)C(=O)N3)cc1. The Morgan fingerprint density at radius 3 is 2.61 bits per heavy atom. The third-order valence-corrected chi connectivity index (χ3v) is 5.68. The highest BCUT2D eigenvalue weighted by Gasteiger charge is 2.42. The van der Waals surface area contributed by atoms with Crippen LogP contribution in [0.2, 0.25) is 0 Å². The number of ether oxygens (including phenoxy) is 1. The Kier molecular flexibility index (Phi) is 6.04. The first kappa shape index (κ1) is 21.1. The van der Waals surface area contributed by atoms with Crippen molar-refractivity contribution in [2.75, 3.05) is 31.6 Å². The number of aliphatic imine (C=N–C) groups is 1. The largest absolute Gasteiger partial charge is 0.494 e. The van der Waals surface area contributed by atoms with E-state index in [1.807, 2.05) is 62.4 Å². The van der Waals surface area contributed by atoms with Gasteiger partial charge < -0.3 is 15.4 Å². The minimum Gasteiger partial charge on any atom is -0.494 e. The van der Waals surface area contributed by atoms with E-state index in [9.17, 15) is 9.59 Å². The molecule has 0 bridgehead atoms. The smallest absolute Gasteiger partial charge is 0.272 e. The number of likely N-dealkylation sites (tertiary alicyclic amines) is 1. The molecule has 4 rings (SSSR count). The van der Waals surface area contributed by atoms with Gasteiger partial charge in [0.25, 0.3) is 5.91 Å². The van der Waals surface area contributed by atoms with Gasteiger partial charge in [0.2, 0.25) is 5.91 Å². The zero-order chi connectivity index (χ0) is 21.8. The highest BCUT2D eigenvalue weighted by atomic mass is 16.5. The summed E-state index contributed by atoms with van der Waals surface area (Å²) in [6.45, 7) is 6.25. The van der Waals surface area contributed by atoms with Crippen LogP contribution in [0.15, 0.2) is 53.5 Å². The topological polar surface area (TPSA) is 83.0 Å². The lowest BCUT2D eigenvalue weighted by molar-refractivity contribution is -0.119. The normalized spacial score (nSPS) is 17.9. The fourth-order valence-corrected chi connectivity index (χ4v) is 4.07. The average molecular weight is 421 g/mol. The first-order valence-corrected chi connectivity index (χ1v) is 10.7. The molecular weight excluding hydrogens is 392 g/mol. The van der Waals surface area contributed by atoms with Crippen molar-refractivity contribution in [3.8, 4) is 5.75 Å². The fourth-order valence-electron chi connectivity index (χ4n) is 4.07. The third kappa shape index (κ3) is 4.94. The molecule has 1 fully saturated rings. The van der Waals surface area contributed by atoms with Crippen LogP contribution in [0.5, 0.6) is 5.75 Å². The lowest BCUT2D eigenvalue weighted by Crippen LogP contribution is -2.52. The maximum absolute atomic E-state index is 12.6. The number of hydrogen-bond acceptors (Lipinski definition) is 5. The number of benzene rings is 2. The Morgan fingerprint density at radius 1 is 1.19 bits per heavy atom. The number of nitrogens with one attached hydrogen (secondary N) is 2. The van der Waals surface area contributed by atoms with E-state index >= 15 is 0 Å². The van der Waals surface area contributed by atoms with E-state index in [1.54, 1.807) is 0 Å². The molecule has 2 aliphatic heterocycles.